The summed E-state index contributed by atoms with van der Waals surface area (Å²) in [4.78, 5) is 3.66. The Bertz CT molecular complexity index is 419. The van der Waals surface area contributed by atoms with E-state index in [1.165, 1.54) is 23.8 Å². The Kier molecular flexibility index (Phi) is 2.51. The van der Waals surface area contributed by atoms with Gasteiger partial charge in [0.1, 0.15) is 11.9 Å². The highest BCUT2D eigenvalue weighted by Gasteiger charge is 2.12. The van der Waals surface area contributed by atoms with Gasteiger partial charge in [-0.2, -0.15) is 4.37 Å². The van der Waals surface area contributed by atoms with Crippen LogP contribution in [0.25, 0.3) is 0 Å². The van der Waals surface area contributed by atoms with E-state index in [9.17, 15) is 9.50 Å². The number of pyridine rings is 1. The first-order valence-corrected chi connectivity index (χ1v) is 4.80. The van der Waals surface area contributed by atoms with Crippen LogP contribution < -0.4 is 0 Å². The number of rotatable bonds is 2. The summed E-state index contributed by atoms with van der Waals surface area (Å²) in [5, 5.41) is 11.5. The van der Waals surface area contributed by atoms with E-state index in [0.717, 1.165) is 6.20 Å². The summed E-state index contributed by atoms with van der Waals surface area (Å²) < 4.78 is 16.7. The Hall–Kier alpha value is -1.33. The van der Waals surface area contributed by atoms with Gasteiger partial charge in [-0.3, -0.25) is 4.98 Å². The summed E-state index contributed by atoms with van der Waals surface area (Å²) in [5.41, 5.74) is 0.929. The maximum absolute atomic E-state index is 12.8. The molecule has 2 rings (SSSR count). The van der Waals surface area contributed by atoms with Crippen LogP contribution in [0.3, 0.4) is 0 Å². The van der Waals surface area contributed by atoms with Gasteiger partial charge in [0.2, 0.25) is 0 Å². The van der Waals surface area contributed by atoms with E-state index in [1.54, 1.807) is 11.4 Å². The summed E-state index contributed by atoms with van der Waals surface area (Å²) in [7, 11) is 0. The molecule has 1 unspecified atom stereocenters. The van der Waals surface area contributed by atoms with E-state index < -0.39 is 11.9 Å². The molecule has 2 aromatic heterocycles. The topological polar surface area (TPSA) is 46.0 Å². The van der Waals surface area contributed by atoms with Crippen LogP contribution in [-0.4, -0.2) is 14.5 Å². The maximum atomic E-state index is 12.8. The number of hydrogen-bond acceptors (Lipinski definition) is 4. The Morgan fingerprint density at radius 1 is 1.43 bits per heavy atom. The zero-order valence-corrected chi connectivity index (χ0v) is 7.91. The minimum absolute atomic E-state index is 0.413. The normalized spacial score (nSPS) is 12.7. The molecule has 0 spiro atoms. The standard InChI is InChI=1S/C9H7FN2OS/c10-7-3-6(4-11-5-7)9(13)8-1-2-14-12-8/h1-5,9,13H. The fourth-order valence-electron chi connectivity index (χ4n) is 1.11. The van der Waals surface area contributed by atoms with Gasteiger partial charge in [0.25, 0.3) is 0 Å². The molecule has 0 amide bonds. The van der Waals surface area contributed by atoms with Crippen molar-refractivity contribution >= 4 is 11.5 Å². The number of aromatic nitrogens is 2. The number of halogens is 1. The van der Waals surface area contributed by atoms with Crippen molar-refractivity contribution in [3.05, 3.63) is 47.0 Å². The van der Waals surface area contributed by atoms with E-state index >= 15 is 0 Å². The smallest absolute Gasteiger partial charge is 0.141 e. The Morgan fingerprint density at radius 3 is 2.93 bits per heavy atom. The van der Waals surface area contributed by atoms with Crippen molar-refractivity contribution in [1.29, 1.82) is 0 Å². The second kappa shape index (κ2) is 3.81. The third-order valence-corrected chi connectivity index (χ3v) is 2.35. The third-order valence-electron chi connectivity index (χ3n) is 1.78. The first kappa shape index (κ1) is 9.23. The van der Waals surface area contributed by atoms with Crippen LogP contribution in [0.1, 0.15) is 17.4 Å². The number of aliphatic hydroxyl groups excluding tert-OH is 1. The van der Waals surface area contributed by atoms with E-state index in [2.05, 4.69) is 9.36 Å². The van der Waals surface area contributed by atoms with E-state index in [-0.39, 0.29) is 0 Å². The number of nitrogens with zero attached hydrogens (tertiary/aromatic N) is 2. The highest BCUT2D eigenvalue weighted by atomic mass is 32.1. The monoisotopic (exact) mass is 210 g/mol. The first-order valence-electron chi connectivity index (χ1n) is 3.96. The van der Waals surface area contributed by atoms with Gasteiger partial charge in [-0.25, -0.2) is 4.39 Å². The predicted octanol–water partition coefficient (Wildman–Crippen LogP) is 1.76. The van der Waals surface area contributed by atoms with Crippen LogP contribution >= 0.6 is 11.5 Å². The molecule has 5 heteroatoms. The SMILES string of the molecule is OC(c1cncc(F)c1)c1ccsn1. The van der Waals surface area contributed by atoms with E-state index in [1.807, 2.05) is 0 Å². The molecule has 0 saturated heterocycles. The van der Waals surface area contributed by atoms with Crippen molar-refractivity contribution in [2.75, 3.05) is 0 Å². The third kappa shape index (κ3) is 1.78. The summed E-state index contributed by atoms with van der Waals surface area (Å²) >= 11 is 1.24. The molecule has 0 aromatic carbocycles. The molecule has 2 heterocycles. The minimum atomic E-state index is -0.899. The average molecular weight is 210 g/mol. The van der Waals surface area contributed by atoms with Crippen molar-refractivity contribution in [2.45, 2.75) is 6.10 Å². The molecule has 0 bridgehead atoms. The second-order valence-electron chi connectivity index (χ2n) is 2.76. The maximum Gasteiger partial charge on any atom is 0.141 e. The van der Waals surface area contributed by atoms with Crippen molar-refractivity contribution in [3.63, 3.8) is 0 Å². The van der Waals surface area contributed by atoms with Crippen LogP contribution in [0.4, 0.5) is 4.39 Å². The highest BCUT2D eigenvalue weighted by Crippen LogP contribution is 2.20. The Balaban J connectivity index is 2.32. The predicted molar refractivity (Wildman–Crippen MR) is 50.4 cm³/mol. The lowest BCUT2D eigenvalue weighted by molar-refractivity contribution is 0.215. The van der Waals surface area contributed by atoms with Gasteiger partial charge in [-0.15, -0.1) is 0 Å². The van der Waals surface area contributed by atoms with Crippen LogP contribution in [0.2, 0.25) is 0 Å². The molecule has 72 valence electrons. The van der Waals surface area contributed by atoms with E-state index in [0.29, 0.717) is 11.3 Å². The molecule has 1 N–H and O–H groups in total. The van der Waals surface area contributed by atoms with Crippen LogP contribution in [0.5, 0.6) is 0 Å². The Morgan fingerprint density at radius 2 is 2.29 bits per heavy atom. The largest absolute Gasteiger partial charge is 0.382 e. The Labute approximate surface area is 84.0 Å². The van der Waals surface area contributed by atoms with Crippen LogP contribution in [-0.2, 0) is 0 Å². The molecule has 3 nitrogen and oxygen atoms in total. The zero-order valence-electron chi connectivity index (χ0n) is 7.09. The summed E-state index contributed by atoms with van der Waals surface area (Å²) in [6, 6.07) is 2.94. The molecule has 0 saturated carbocycles. The van der Waals surface area contributed by atoms with Crippen molar-refractivity contribution in [2.24, 2.45) is 0 Å². The fraction of sp³-hybridized carbons (Fsp3) is 0.111. The minimum Gasteiger partial charge on any atom is -0.382 e. The molecule has 0 fully saturated rings. The second-order valence-corrected chi connectivity index (χ2v) is 3.43. The van der Waals surface area contributed by atoms with Gasteiger partial charge in [0.15, 0.2) is 0 Å². The zero-order chi connectivity index (χ0) is 9.97. The molecular weight excluding hydrogens is 203 g/mol. The van der Waals surface area contributed by atoms with Gasteiger partial charge in [-0.05, 0) is 23.7 Å². The summed E-state index contributed by atoms with van der Waals surface area (Å²) in [6.45, 7) is 0. The lowest BCUT2D eigenvalue weighted by Gasteiger charge is -2.06. The molecule has 1 atom stereocenters. The van der Waals surface area contributed by atoms with E-state index in [4.69, 9.17) is 0 Å². The first-order chi connectivity index (χ1) is 6.77. The van der Waals surface area contributed by atoms with Gasteiger partial charge >= 0.3 is 0 Å². The molecule has 0 aliphatic carbocycles. The molecule has 2 aromatic rings. The van der Waals surface area contributed by atoms with Gasteiger partial charge in [0, 0.05) is 17.1 Å². The number of hydrogen-bond donors (Lipinski definition) is 1. The van der Waals surface area contributed by atoms with Crippen molar-refractivity contribution < 1.29 is 9.50 Å². The average Bonchev–Trinajstić information content (AvgIpc) is 2.69. The molecule has 0 aliphatic rings. The van der Waals surface area contributed by atoms with Gasteiger partial charge in [-0.1, -0.05) is 0 Å². The molecular formula is C9H7FN2OS. The molecule has 0 aliphatic heterocycles. The van der Waals surface area contributed by atoms with Crippen LogP contribution in [0.15, 0.2) is 29.9 Å². The van der Waals surface area contributed by atoms with Crippen molar-refractivity contribution in [1.82, 2.24) is 9.36 Å². The fourth-order valence-corrected chi connectivity index (χ4v) is 1.66. The number of aliphatic hydroxyl groups is 1. The van der Waals surface area contributed by atoms with Crippen molar-refractivity contribution in [3.8, 4) is 0 Å². The van der Waals surface area contributed by atoms with Gasteiger partial charge < -0.3 is 5.11 Å². The molecule has 14 heavy (non-hydrogen) atoms. The summed E-state index contributed by atoms with van der Waals surface area (Å²) in [5.74, 6) is -0.461. The molecule has 0 radical (unpaired) electrons. The lowest BCUT2D eigenvalue weighted by Crippen LogP contribution is -2.00. The van der Waals surface area contributed by atoms with Crippen LogP contribution in [0, 0.1) is 5.82 Å². The summed E-state index contributed by atoms with van der Waals surface area (Å²) in [6.07, 6.45) is 1.62. The highest BCUT2D eigenvalue weighted by molar-refractivity contribution is 7.03. The lowest BCUT2D eigenvalue weighted by atomic mass is 10.1. The quantitative estimate of drug-likeness (QED) is 0.821. The van der Waals surface area contributed by atoms with Gasteiger partial charge in [0.05, 0.1) is 11.9 Å².